The van der Waals surface area contributed by atoms with Crippen LogP contribution in [0.15, 0.2) is 51.6 Å². The molecular formula is C44H56N4O8. The van der Waals surface area contributed by atoms with Gasteiger partial charge in [-0.15, -0.1) is 39.5 Å². The van der Waals surface area contributed by atoms with Crippen LogP contribution in [-0.2, 0) is 38.1 Å². The average Bonchev–Trinajstić information content (AvgIpc) is 3.22. The van der Waals surface area contributed by atoms with Gasteiger partial charge in [-0.2, -0.15) is 0 Å². The molecule has 0 heterocycles. The zero-order valence-corrected chi connectivity index (χ0v) is 33.4. The number of nitrogens with zero attached hydrogens (tertiary/aromatic N) is 4. The summed E-state index contributed by atoms with van der Waals surface area (Å²) < 4.78 is 19.7. The fraction of sp³-hybridized carbons (Fsp3) is 0.545. The molecule has 0 amide bonds. The van der Waals surface area contributed by atoms with Crippen molar-refractivity contribution in [1.29, 1.82) is 0 Å². The molecule has 300 valence electrons. The number of rotatable bonds is 12. The predicted molar refractivity (Wildman–Crippen MR) is 215 cm³/mol. The molecule has 6 atom stereocenters. The molecule has 2 aliphatic rings. The van der Waals surface area contributed by atoms with Gasteiger partial charge in [-0.3, -0.25) is 19.2 Å². The van der Waals surface area contributed by atoms with Crippen LogP contribution < -0.4 is 0 Å². The van der Waals surface area contributed by atoms with Crippen molar-refractivity contribution in [3.63, 3.8) is 0 Å². The molecule has 0 aromatic carbocycles. The predicted octanol–water partition coefficient (Wildman–Crippen LogP) is 8.12. The smallest absolute Gasteiger partial charge is 0.466 e. The Morgan fingerprint density at radius 3 is 1.18 bits per heavy atom. The summed E-state index contributed by atoms with van der Waals surface area (Å²) in [5.74, 6) is 8.45. The van der Waals surface area contributed by atoms with Gasteiger partial charge in [-0.25, -0.2) is 45.7 Å². The monoisotopic (exact) mass is 768 g/mol. The number of hydrogen-bond donors (Lipinski definition) is 0. The van der Waals surface area contributed by atoms with E-state index in [0.29, 0.717) is 51.7 Å². The Labute approximate surface area is 334 Å². The van der Waals surface area contributed by atoms with Gasteiger partial charge in [-0.05, 0) is 64.2 Å². The average molecular weight is 769 g/mol. The van der Waals surface area contributed by atoms with Crippen LogP contribution in [0.1, 0.15) is 79.1 Å². The minimum Gasteiger partial charge on any atom is -0.466 e. The van der Waals surface area contributed by atoms with Crippen molar-refractivity contribution in [2.75, 3.05) is 26.4 Å². The molecule has 0 radical (unpaired) electrons. The zero-order chi connectivity index (χ0) is 43.2. The van der Waals surface area contributed by atoms with Crippen LogP contribution in [0.2, 0.25) is 0 Å². The van der Waals surface area contributed by atoms with Crippen LogP contribution in [0.25, 0.3) is 19.4 Å². The molecule has 0 spiro atoms. The van der Waals surface area contributed by atoms with Gasteiger partial charge in [0, 0.05) is 13.8 Å². The zero-order valence-electron chi connectivity index (χ0n) is 33.4. The van der Waals surface area contributed by atoms with E-state index in [-0.39, 0.29) is 73.5 Å². The lowest BCUT2D eigenvalue weighted by Gasteiger charge is -2.33. The summed E-state index contributed by atoms with van der Waals surface area (Å²) in [5, 5.41) is 0. The van der Waals surface area contributed by atoms with Crippen LogP contribution in [0, 0.1) is 85.5 Å². The van der Waals surface area contributed by atoms with E-state index in [4.69, 9.17) is 45.2 Å². The summed E-state index contributed by atoms with van der Waals surface area (Å²) in [6.07, 6.45) is 6.96. The van der Waals surface area contributed by atoms with Crippen molar-refractivity contribution in [1.82, 2.24) is 0 Å². The molecule has 0 saturated heterocycles. The van der Waals surface area contributed by atoms with E-state index in [1.165, 1.54) is 13.8 Å². The number of carbonyl (C=O) groups is 4. The lowest BCUT2D eigenvalue weighted by Crippen LogP contribution is -2.41. The Kier molecular flexibility index (Phi) is 27.2. The normalized spacial score (nSPS) is 20.5. The van der Waals surface area contributed by atoms with E-state index in [0.717, 1.165) is 0 Å². The molecule has 12 heteroatoms. The van der Waals surface area contributed by atoms with Gasteiger partial charge >= 0.3 is 35.2 Å². The Bertz CT molecular complexity index is 1470. The molecule has 2 fully saturated rings. The molecule has 0 aromatic heterocycles. The lowest BCUT2D eigenvalue weighted by molar-refractivity contribution is -0.151. The van der Waals surface area contributed by atoms with Crippen LogP contribution in [0.3, 0.4) is 0 Å². The first-order chi connectivity index (χ1) is 26.9. The third-order valence-electron chi connectivity index (χ3n) is 9.25. The molecule has 0 unspecified atom stereocenters. The number of ether oxygens (including phenoxy) is 4. The topological polar surface area (TPSA) is 123 Å². The molecular weight excluding hydrogens is 713 g/mol. The van der Waals surface area contributed by atoms with Crippen molar-refractivity contribution >= 4 is 23.9 Å². The Morgan fingerprint density at radius 1 is 0.607 bits per heavy atom. The minimum atomic E-state index is -1.32. The molecule has 0 aliphatic heterocycles. The highest BCUT2D eigenvalue weighted by atomic mass is 16.5. The minimum absolute atomic E-state index is 0.0537. The standard InChI is InChI=1S/2C20H24N2O4.2C2H4/c2*1-6-16-14-17(19(24)25-7-2)10-11-18(16)20(21-4,22-5)12-8-9-13-26-15(3)23;2*1-2/h2*6,16-18H,1,7,10-14H2,2-3H3;2*1-2H2/t16-,17+,18+;16-,17+,18-;;/m11../s1. The van der Waals surface area contributed by atoms with Crippen molar-refractivity contribution in [2.24, 2.45) is 35.5 Å². The molecule has 56 heavy (non-hydrogen) atoms. The van der Waals surface area contributed by atoms with Crippen LogP contribution in [0.5, 0.6) is 0 Å². The SMILES string of the molecule is C=C.C=C.[C-]#[N+]C(CC#CCOC(C)=O)([N+]#[C-])[C@@H]1CC[C@H](C(=O)OCC)C[C@H]1C=C.[C-]#[N+]C(CC#CCOC(C)=O)([N+]#[C-])[C@H]1CC[C@H](C(=O)OCC)C[C@H]1C=C. The fourth-order valence-electron chi connectivity index (χ4n) is 6.59. The summed E-state index contributed by atoms with van der Waals surface area (Å²) >= 11 is 0. The van der Waals surface area contributed by atoms with Crippen molar-refractivity contribution in [2.45, 2.75) is 90.4 Å². The molecule has 12 nitrogen and oxygen atoms in total. The highest BCUT2D eigenvalue weighted by molar-refractivity contribution is 5.73. The van der Waals surface area contributed by atoms with Crippen LogP contribution in [-0.4, -0.2) is 61.6 Å². The quantitative estimate of drug-likeness (QED) is 0.0642. The van der Waals surface area contributed by atoms with Crippen LogP contribution >= 0.6 is 0 Å². The molecule has 0 N–H and O–H groups in total. The first kappa shape index (κ1) is 52.0. The number of carbonyl (C=O) groups excluding carboxylic acids is 4. The molecule has 2 aliphatic carbocycles. The summed E-state index contributed by atoms with van der Waals surface area (Å²) in [5.41, 5.74) is -2.64. The summed E-state index contributed by atoms with van der Waals surface area (Å²) in [6, 6.07) is 0. The largest absolute Gasteiger partial charge is 0.496 e. The molecule has 2 saturated carbocycles. The summed E-state index contributed by atoms with van der Waals surface area (Å²) in [4.78, 5) is 60.0. The van der Waals surface area contributed by atoms with Crippen LogP contribution in [0.4, 0.5) is 0 Å². The molecule has 2 rings (SSSR count). The highest BCUT2D eigenvalue weighted by Gasteiger charge is 2.58. The van der Waals surface area contributed by atoms with Gasteiger partial charge in [-0.1, -0.05) is 35.8 Å². The second-order valence-electron chi connectivity index (χ2n) is 12.4. The Hall–Kier alpha value is -6.08. The number of hydrogen-bond acceptors (Lipinski definition) is 8. The van der Waals surface area contributed by atoms with Crippen molar-refractivity contribution < 1.29 is 38.1 Å². The Morgan fingerprint density at radius 2 is 0.929 bits per heavy atom. The van der Waals surface area contributed by atoms with E-state index >= 15 is 0 Å². The third kappa shape index (κ3) is 16.5. The maximum absolute atomic E-state index is 12.0. The summed E-state index contributed by atoms with van der Waals surface area (Å²) in [7, 11) is 0. The van der Waals surface area contributed by atoms with Crippen molar-refractivity contribution in [3.8, 4) is 23.7 Å². The van der Waals surface area contributed by atoms with E-state index in [1.54, 1.807) is 26.0 Å². The number of allylic oxidation sites excluding steroid dienone is 2. The maximum atomic E-state index is 12.0. The van der Waals surface area contributed by atoms with Gasteiger partial charge in [0.15, 0.2) is 26.1 Å². The van der Waals surface area contributed by atoms with Gasteiger partial charge in [0.2, 0.25) is 0 Å². The molecule has 0 aromatic rings. The second-order valence-corrected chi connectivity index (χ2v) is 12.4. The first-order valence-corrected chi connectivity index (χ1v) is 18.2. The first-order valence-electron chi connectivity index (χ1n) is 18.2. The second kappa shape index (κ2) is 29.3. The lowest BCUT2D eigenvalue weighted by atomic mass is 9.68. The highest BCUT2D eigenvalue weighted by Crippen LogP contribution is 2.46. The maximum Gasteiger partial charge on any atom is 0.496 e. The van der Waals surface area contributed by atoms with Gasteiger partial charge in [0.1, 0.15) is 11.8 Å². The number of esters is 4. The summed E-state index contributed by atoms with van der Waals surface area (Å²) in [6.45, 7) is 56.7. The molecule has 0 bridgehead atoms. The third-order valence-corrected chi connectivity index (χ3v) is 9.25. The van der Waals surface area contributed by atoms with Gasteiger partial charge in [0.05, 0.1) is 25.0 Å². The van der Waals surface area contributed by atoms with Gasteiger partial charge < -0.3 is 18.9 Å². The van der Waals surface area contributed by atoms with Gasteiger partial charge in [0.25, 0.3) is 0 Å². The van der Waals surface area contributed by atoms with Crippen molar-refractivity contribution in [3.05, 3.63) is 97.3 Å². The van der Waals surface area contributed by atoms with E-state index in [1.807, 2.05) is 0 Å². The Balaban J connectivity index is 0. The fourth-order valence-corrected chi connectivity index (χ4v) is 6.59. The van der Waals surface area contributed by atoms with E-state index < -0.39 is 23.3 Å². The van der Waals surface area contributed by atoms with E-state index in [9.17, 15) is 19.2 Å². The van der Waals surface area contributed by atoms with E-state index in [2.05, 4.69) is 82.5 Å².